The third-order valence-electron chi connectivity index (χ3n) is 4.14. The Kier molecular flexibility index (Phi) is 3.50. The molecule has 0 aliphatic rings. The van der Waals surface area contributed by atoms with Gasteiger partial charge in [-0.15, -0.1) is 11.3 Å². The lowest BCUT2D eigenvalue weighted by Gasteiger charge is -2.03. The summed E-state index contributed by atoms with van der Waals surface area (Å²) in [5, 5.41) is 6.27. The molecule has 0 radical (unpaired) electrons. The van der Waals surface area contributed by atoms with Gasteiger partial charge in [0.2, 0.25) is 0 Å². The minimum absolute atomic E-state index is 0.859. The Morgan fingerprint density at radius 2 is 2.00 bits per heavy atom. The van der Waals surface area contributed by atoms with E-state index in [9.17, 15) is 0 Å². The van der Waals surface area contributed by atoms with Crippen molar-refractivity contribution in [3.8, 4) is 16.9 Å². The van der Waals surface area contributed by atoms with E-state index in [0.717, 1.165) is 38.8 Å². The van der Waals surface area contributed by atoms with Crippen LogP contribution in [0.5, 0.6) is 0 Å². The van der Waals surface area contributed by atoms with Gasteiger partial charge >= 0.3 is 0 Å². The molecule has 3 aromatic heterocycles. The SMILES string of the molecule is c1cn(-c2ccc(-c3csc(Nc4ccc5nc[nH]c5c4)n3)cc2)cn1. The minimum Gasteiger partial charge on any atom is -0.345 e. The first-order chi connectivity index (χ1) is 12.8. The number of anilines is 2. The number of aromatic amines is 1. The molecule has 0 atom stereocenters. The normalized spacial score (nSPS) is 11.1. The van der Waals surface area contributed by atoms with Crippen LogP contribution in [0.15, 0.2) is 72.9 Å². The molecule has 0 bridgehead atoms. The van der Waals surface area contributed by atoms with Crippen molar-refractivity contribution >= 4 is 33.2 Å². The smallest absolute Gasteiger partial charge is 0.187 e. The van der Waals surface area contributed by atoms with Crippen LogP contribution in [0.2, 0.25) is 0 Å². The monoisotopic (exact) mass is 358 g/mol. The number of hydrogen-bond acceptors (Lipinski definition) is 5. The second-order valence-electron chi connectivity index (χ2n) is 5.81. The summed E-state index contributed by atoms with van der Waals surface area (Å²) in [5.74, 6) is 0. The second kappa shape index (κ2) is 6.12. The molecule has 26 heavy (non-hydrogen) atoms. The first-order valence-corrected chi connectivity index (χ1v) is 8.97. The van der Waals surface area contributed by atoms with Crippen molar-refractivity contribution in [2.45, 2.75) is 0 Å². The molecule has 3 heterocycles. The second-order valence-corrected chi connectivity index (χ2v) is 6.67. The van der Waals surface area contributed by atoms with Gasteiger partial charge < -0.3 is 14.9 Å². The summed E-state index contributed by atoms with van der Waals surface area (Å²) in [5.41, 5.74) is 6.06. The van der Waals surface area contributed by atoms with Gasteiger partial charge in [0.25, 0.3) is 0 Å². The molecule has 6 nitrogen and oxygen atoms in total. The molecule has 2 aromatic carbocycles. The average Bonchev–Trinajstić information content (AvgIpc) is 3.43. The van der Waals surface area contributed by atoms with Gasteiger partial charge in [0, 0.05) is 34.7 Å². The van der Waals surface area contributed by atoms with Gasteiger partial charge in [0.15, 0.2) is 5.13 Å². The number of H-pyrrole nitrogens is 1. The molecule has 0 unspecified atom stereocenters. The summed E-state index contributed by atoms with van der Waals surface area (Å²) in [6.45, 7) is 0. The quantitative estimate of drug-likeness (QED) is 0.492. The Labute approximate surface area is 153 Å². The largest absolute Gasteiger partial charge is 0.345 e. The van der Waals surface area contributed by atoms with E-state index in [-0.39, 0.29) is 0 Å². The molecule has 0 saturated carbocycles. The van der Waals surface area contributed by atoms with Crippen LogP contribution >= 0.6 is 11.3 Å². The number of imidazole rings is 2. The zero-order valence-electron chi connectivity index (χ0n) is 13.6. The van der Waals surface area contributed by atoms with Crippen LogP contribution in [0.1, 0.15) is 0 Å². The number of aromatic nitrogens is 5. The lowest BCUT2D eigenvalue weighted by atomic mass is 10.1. The number of benzene rings is 2. The van der Waals surface area contributed by atoms with Gasteiger partial charge in [-0.2, -0.15) is 0 Å². The highest BCUT2D eigenvalue weighted by Gasteiger charge is 2.06. The van der Waals surface area contributed by atoms with Crippen molar-refractivity contribution in [3.63, 3.8) is 0 Å². The zero-order chi connectivity index (χ0) is 17.3. The van der Waals surface area contributed by atoms with Crippen molar-refractivity contribution in [3.05, 3.63) is 72.9 Å². The Morgan fingerprint density at radius 3 is 2.85 bits per heavy atom. The summed E-state index contributed by atoms with van der Waals surface area (Å²) in [7, 11) is 0. The highest BCUT2D eigenvalue weighted by molar-refractivity contribution is 7.14. The molecule has 0 spiro atoms. The van der Waals surface area contributed by atoms with Gasteiger partial charge in [-0.1, -0.05) is 12.1 Å². The maximum atomic E-state index is 4.70. The fraction of sp³-hybridized carbons (Fsp3) is 0. The van der Waals surface area contributed by atoms with Crippen LogP contribution < -0.4 is 5.32 Å². The number of fused-ring (bicyclic) bond motifs is 1. The molecule has 126 valence electrons. The summed E-state index contributed by atoms with van der Waals surface area (Å²) in [4.78, 5) is 16.1. The standard InChI is InChI=1S/C19H14N6S/c1-4-15(25-8-7-20-12-25)5-2-13(1)18-10-26-19(24-18)23-14-3-6-16-17(9-14)22-11-21-16/h1-12H,(H,21,22)(H,23,24). The Hall–Kier alpha value is -3.45. The van der Waals surface area contributed by atoms with Crippen molar-refractivity contribution in [2.24, 2.45) is 0 Å². The van der Waals surface area contributed by atoms with E-state index in [1.807, 2.05) is 29.0 Å². The molecule has 5 aromatic rings. The third-order valence-corrected chi connectivity index (χ3v) is 4.90. The summed E-state index contributed by atoms with van der Waals surface area (Å²) in [6.07, 6.45) is 7.18. The van der Waals surface area contributed by atoms with Crippen molar-refractivity contribution in [1.29, 1.82) is 0 Å². The van der Waals surface area contributed by atoms with Crippen LogP contribution in [0.4, 0.5) is 10.8 Å². The molecule has 7 heteroatoms. The Bertz CT molecular complexity index is 1150. The molecular weight excluding hydrogens is 344 g/mol. The highest BCUT2D eigenvalue weighted by Crippen LogP contribution is 2.28. The fourth-order valence-corrected chi connectivity index (χ4v) is 3.56. The van der Waals surface area contributed by atoms with E-state index in [1.54, 1.807) is 30.2 Å². The molecule has 0 aliphatic carbocycles. The van der Waals surface area contributed by atoms with Gasteiger partial charge in [-0.05, 0) is 30.3 Å². The molecule has 0 aliphatic heterocycles. The summed E-state index contributed by atoms with van der Waals surface area (Å²) < 4.78 is 1.98. The number of nitrogens with zero attached hydrogens (tertiary/aromatic N) is 4. The van der Waals surface area contributed by atoms with E-state index in [1.165, 1.54) is 0 Å². The molecular formula is C19H14N6S. The summed E-state index contributed by atoms with van der Waals surface area (Å²) >= 11 is 1.59. The Balaban J connectivity index is 1.37. The highest BCUT2D eigenvalue weighted by atomic mass is 32.1. The molecule has 0 amide bonds. The van der Waals surface area contributed by atoms with Crippen molar-refractivity contribution in [1.82, 2.24) is 24.5 Å². The number of nitrogens with one attached hydrogen (secondary N) is 2. The summed E-state index contributed by atoms with van der Waals surface area (Å²) in [6, 6.07) is 14.3. The topological polar surface area (TPSA) is 71.4 Å². The number of rotatable bonds is 4. The van der Waals surface area contributed by atoms with Crippen LogP contribution in [-0.4, -0.2) is 24.5 Å². The number of thiazole rings is 1. The third kappa shape index (κ3) is 2.74. The predicted octanol–water partition coefficient (Wildman–Crippen LogP) is 4.62. The first kappa shape index (κ1) is 14.9. The van der Waals surface area contributed by atoms with E-state index < -0.39 is 0 Å². The lowest BCUT2D eigenvalue weighted by Crippen LogP contribution is -1.90. The van der Waals surface area contributed by atoms with Crippen LogP contribution in [0, 0.1) is 0 Å². The van der Waals surface area contributed by atoms with E-state index in [0.29, 0.717) is 0 Å². The van der Waals surface area contributed by atoms with Crippen molar-refractivity contribution < 1.29 is 0 Å². The average molecular weight is 358 g/mol. The van der Waals surface area contributed by atoms with E-state index >= 15 is 0 Å². The van der Waals surface area contributed by atoms with Crippen LogP contribution in [0.3, 0.4) is 0 Å². The fourth-order valence-electron chi connectivity index (χ4n) is 2.82. The molecule has 0 fully saturated rings. The van der Waals surface area contributed by atoms with Gasteiger partial charge in [0.1, 0.15) is 0 Å². The van der Waals surface area contributed by atoms with Gasteiger partial charge in [-0.3, -0.25) is 0 Å². The number of hydrogen-bond donors (Lipinski definition) is 2. The Morgan fingerprint density at radius 1 is 1.08 bits per heavy atom. The predicted molar refractivity (Wildman–Crippen MR) is 104 cm³/mol. The van der Waals surface area contributed by atoms with Gasteiger partial charge in [-0.25, -0.2) is 15.0 Å². The zero-order valence-corrected chi connectivity index (χ0v) is 14.4. The van der Waals surface area contributed by atoms with Gasteiger partial charge in [0.05, 0.1) is 29.4 Å². The van der Waals surface area contributed by atoms with Crippen molar-refractivity contribution in [2.75, 3.05) is 5.32 Å². The molecule has 2 N–H and O–H groups in total. The van der Waals surface area contributed by atoms with Crippen LogP contribution in [-0.2, 0) is 0 Å². The lowest BCUT2D eigenvalue weighted by molar-refractivity contribution is 1.06. The maximum Gasteiger partial charge on any atom is 0.187 e. The maximum absolute atomic E-state index is 4.70. The molecule has 5 rings (SSSR count). The van der Waals surface area contributed by atoms with E-state index in [2.05, 4.69) is 49.9 Å². The minimum atomic E-state index is 0.859. The molecule has 0 saturated heterocycles. The van der Waals surface area contributed by atoms with Crippen LogP contribution in [0.25, 0.3) is 28.0 Å². The van der Waals surface area contributed by atoms with E-state index in [4.69, 9.17) is 4.98 Å². The first-order valence-electron chi connectivity index (χ1n) is 8.10.